The summed E-state index contributed by atoms with van der Waals surface area (Å²) in [7, 11) is 1.56. The Morgan fingerprint density at radius 2 is 2.15 bits per heavy atom. The number of amides is 1. The molecule has 20 heavy (non-hydrogen) atoms. The fourth-order valence-electron chi connectivity index (χ4n) is 1.44. The van der Waals surface area contributed by atoms with Crippen LogP contribution < -0.4 is 11.1 Å². The molecule has 0 bridgehead atoms. The highest BCUT2D eigenvalue weighted by Crippen LogP contribution is 2.12. The van der Waals surface area contributed by atoms with Gasteiger partial charge in [0.1, 0.15) is 5.82 Å². The molecule has 0 aromatic heterocycles. The van der Waals surface area contributed by atoms with Gasteiger partial charge < -0.3 is 20.5 Å². The lowest BCUT2D eigenvalue weighted by Crippen LogP contribution is -2.29. The number of methoxy groups -OCH3 is 1. The van der Waals surface area contributed by atoms with Crippen molar-refractivity contribution in [2.75, 3.05) is 33.4 Å². The van der Waals surface area contributed by atoms with Crippen LogP contribution in [-0.4, -0.2) is 39.3 Å². The van der Waals surface area contributed by atoms with Gasteiger partial charge in [-0.15, -0.1) is 12.4 Å². The van der Waals surface area contributed by atoms with Crippen LogP contribution in [0.3, 0.4) is 0 Å². The molecule has 0 saturated carbocycles. The standard InChI is InChI=1S/C13H19FN2O3.ClH/c1-18-6-7-19-9-11-8-10(2-3-12(11)14)13(17)16-5-4-15;/h2-3,8H,4-7,9,15H2,1H3,(H,16,17);1H. The zero-order valence-corrected chi connectivity index (χ0v) is 12.2. The Balaban J connectivity index is 0.00000361. The van der Waals surface area contributed by atoms with Crippen molar-refractivity contribution < 1.29 is 18.7 Å². The zero-order valence-electron chi connectivity index (χ0n) is 11.4. The molecule has 3 N–H and O–H groups in total. The number of carbonyl (C=O) groups excluding carboxylic acids is 1. The van der Waals surface area contributed by atoms with Gasteiger partial charge in [-0.3, -0.25) is 4.79 Å². The van der Waals surface area contributed by atoms with E-state index in [-0.39, 0.29) is 24.9 Å². The lowest BCUT2D eigenvalue weighted by Gasteiger charge is -2.08. The van der Waals surface area contributed by atoms with Crippen LogP contribution in [0.25, 0.3) is 0 Å². The van der Waals surface area contributed by atoms with Gasteiger partial charge in [-0.05, 0) is 18.2 Å². The number of hydrogen-bond acceptors (Lipinski definition) is 4. The predicted octanol–water partition coefficient (Wildman–Crippen LogP) is 1.10. The maximum absolute atomic E-state index is 13.5. The average Bonchev–Trinajstić information content (AvgIpc) is 2.42. The molecular formula is C13H20ClFN2O3. The van der Waals surface area contributed by atoms with Gasteiger partial charge in [0, 0.05) is 31.3 Å². The molecule has 0 spiro atoms. The van der Waals surface area contributed by atoms with Crippen LogP contribution in [0, 0.1) is 5.82 Å². The summed E-state index contributed by atoms with van der Waals surface area (Å²) in [4.78, 5) is 11.7. The molecule has 1 rings (SSSR count). The van der Waals surface area contributed by atoms with Gasteiger partial charge in [-0.2, -0.15) is 0 Å². The molecule has 5 nitrogen and oxygen atoms in total. The summed E-state index contributed by atoms with van der Waals surface area (Å²) < 4.78 is 23.6. The summed E-state index contributed by atoms with van der Waals surface area (Å²) >= 11 is 0. The normalized spacial score (nSPS) is 9.95. The van der Waals surface area contributed by atoms with Gasteiger partial charge in [-0.1, -0.05) is 0 Å². The molecule has 0 unspecified atom stereocenters. The van der Waals surface area contributed by atoms with Crippen molar-refractivity contribution in [3.8, 4) is 0 Å². The van der Waals surface area contributed by atoms with Crippen molar-refractivity contribution in [2.45, 2.75) is 6.61 Å². The van der Waals surface area contributed by atoms with Gasteiger partial charge in [0.15, 0.2) is 0 Å². The molecule has 0 heterocycles. The second-order valence-corrected chi connectivity index (χ2v) is 3.90. The molecule has 0 fully saturated rings. The first kappa shape index (κ1) is 18.8. The number of rotatable bonds is 8. The number of carbonyl (C=O) groups is 1. The molecule has 0 atom stereocenters. The third-order valence-corrected chi connectivity index (χ3v) is 2.43. The Bertz CT molecular complexity index is 419. The lowest BCUT2D eigenvalue weighted by atomic mass is 10.1. The van der Waals surface area contributed by atoms with Crippen LogP contribution in [0.2, 0.25) is 0 Å². The third kappa shape index (κ3) is 6.29. The van der Waals surface area contributed by atoms with Crippen molar-refractivity contribution in [3.63, 3.8) is 0 Å². The Morgan fingerprint density at radius 1 is 1.40 bits per heavy atom. The van der Waals surface area contributed by atoms with Crippen molar-refractivity contribution in [3.05, 3.63) is 35.1 Å². The molecule has 114 valence electrons. The van der Waals surface area contributed by atoms with Gasteiger partial charge >= 0.3 is 0 Å². The smallest absolute Gasteiger partial charge is 0.251 e. The van der Waals surface area contributed by atoms with E-state index >= 15 is 0 Å². The first-order chi connectivity index (χ1) is 9.19. The molecule has 0 aliphatic rings. The summed E-state index contributed by atoms with van der Waals surface area (Å²) in [5.74, 6) is -0.670. The van der Waals surface area contributed by atoms with E-state index in [2.05, 4.69) is 5.32 Å². The van der Waals surface area contributed by atoms with Crippen molar-refractivity contribution in [1.29, 1.82) is 0 Å². The first-order valence-electron chi connectivity index (χ1n) is 6.02. The maximum Gasteiger partial charge on any atom is 0.251 e. The average molecular weight is 307 g/mol. The summed E-state index contributed by atoms with van der Waals surface area (Å²) in [6.45, 7) is 1.67. The number of benzene rings is 1. The molecule has 1 aromatic carbocycles. The molecule has 0 radical (unpaired) electrons. The zero-order chi connectivity index (χ0) is 14.1. The van der Waals surface area contributed by atoms with E-state index in [1.165, 1.54) is 18.2 Å². The Hall–Kier alpha value is -1.21. The Morgan fingerprint density at radius 3 is 2.80 bits per heavy atom. The van der Waals surface area contributed by atoms with Crippen LogP contribution in [0.15, 0.2) is 18.2 Å². The Kier molecular flexibility index (Phi) is 9.92. The highest BCUT2D eigenvalue weighted by Gasteiger charge is 2.09. The van der Waals surface area contributed by atoms with Crippen molar-refractivity contribution in [2.24, 2.45) is 5.73 Å². The number of nitrogens with one attached hydrogen (secondary N) is 1. The van der Waals surface area contributed by atoms with E-state index in [0.717, 1.165) is 0 Å². The second kappa shape index (κ2) is 10.6. The summed E-state index contributed by atoms with van der Waals surface area (Å²) in [6.07, 6.45) is 0. The van der Waals surface area contributed by atoms with Crippen molar-refractivity contribution >= 4 is 18.3 Å². The number of ether oxygens (including phenoxy) is 2. The largest absolute Gasteiger partial charge is 0.382 e. The fourth-order valence-corrected chi connectivity index (χ4v) is 1.44. The predicted molar refractivity (Wildman–Crippen MR) is 76.6 cm³/mol. The van der Waals surface area contributed by atoms with Gasteiger partial charge in [0.25, 0.3) is 5.91 Å². The monoisotopic (exact) mass is 306 g/mol. The summed E-state index contributed by atoms with van der Waals surface area (Å²) in [5.41, 5.74) is 6.03. The maximum atomic E-state index is 13.5. The fraction of sp³-hybridized carbons (Fsp3) is 0.462. The van der Waals surface area contributed by atoms with Crippen LogP contribution in [0.1, 0.15) is 15.9 Å². The number of hydrogen-bond donors (Lipinski definition) is 2. The highest BCUT2D eigenvalue weighted by molar-refractivity contribution is 5.94. The minimum Gasteiger partial charge on any atom is -0.382 e. The SMILES string of the molecule is COCCOCc1cc(C(=O)NCCN)ccc1F.Cl. The molecule has 0 saturated heterocycles. The molecule has 1 aromatic rings. The van der Waals surface area contributed by atoms with Gasteiger partial charge in [0.2, 0.25) is 0 Å². The van der Waals surface area contributed by atoms with E-state index in [9.17, 15) is 9.18 Å². The van der Waals surface area contributed by atoms with Crippen molar-refractivity contribution in [1.82, 2.24) is 5.32 Å². The topological polar surface area (TPSA) is 73.6 Å². The van der Waals surface area contributed by atoms with Gasteiger partial charge in [0.05, 0.1) is 19.8 Å². The van der Waals surface area contributed by atoms with E-state index in [1.807, 2.05) is 0 Å². The van der Waals surface area contributed by atoms with Crippen LogP contribution in [0.5, 0.6) is 0 Å². The minimum absolute atomic E-state index is 0. The summed E-state index contributed by atoms with van der Waals surface area (Å²) in [5, 5.41) is 2.62. The summed E-state index contributed by atoms with van der Waals surface area (Å²) in [6, 6.07) is 4.17. The van der Waals surface area contributed by atoms with E-state index in [0.29, 0.717) is 37.4 Å². The number of nitrogens with two attached hydrogens (primary N) is 1. The number of halogens is 2. The molecule has 7 heteroatoms. The van der Waals surface area contributed by atoms with Gasteiger partial charge in [-0.25, -0.2) is 4.39 Å². The van der Waals surface area contributed by atoms with E-state index in [4.69, 9.17) is 15.2 Å². The minimum atomic E-state index is -0.396. The van der Waals surface area contributed by atoms with Crippen LogP contribution in [-0.2, 0) is 16.1 Å². The molecular weight excluding hydrogens is 287 g/mol. The van der Waals surface area contributed by atoms with Crippen LogP contribution >= 0.6 is 12.4 Å². The first-order valence-corrected chi connectivity index (χ1v) is 6.02. The van der Waals surface area contributed by atoms with E-state index < -0.39 is 5.82 Å². The van der Waals surface area contributed by atoms with E-state index in [1.54, 1.807) is 7.11 Å². The Labute approximate surface area is 124 Å². The second-order valence-electron chi connectivity index (χ2n) is 3.90. The molecule has 1 amide bonds. The molecule has 0 aliphatic heterocycles. The highest BCUT2D eigenvalue weighted by atomic mass is 35.5. The third-order valence-electron chi connectivity index (χ3n) is 2.43. The molecule has 0 aliphatic carbocycles. The lowest BCUT2D eigenvalue weighted by molar-refractivity contribution is 0.0604. The van der Waals surface area contributed by atoms with Crippen LogP contribution in [0.4, 0.5) is 4.39 Å². The quantitative estimate of drug-likeness (QED) is 0.705.